The SMILES string of the molecule is CC1CC1CN(C)C(=O)c1sc2nccnc2c1N. The first-order valence-electron chi connectivity index (χ1n) is 6.32. The number of anilines is 1. The molecule has 1 amide bonds. The first-order valence-corrected chi connectivity index (χ1v) is 7.14. The lowest BCUT2D eigenvalue weighted by Crippen LogP contribution is -2.28. The molecule has 6 heteroatoms. The van der Waals surface area contributed by atoms with Crippen molar-refractivity contribution in [3.63, 3.8) is 0 Å². The summed E-state index contributed by atoms with van der Waals surface area (Å²) in [7, 11) is 1.83. The van der Waals surface area contributed by atoms with Crippen LogP contribution in [0, 0.1) is 11.8 Å². The van der Waals surface area contributed by atoms with Gasteiger partial charge in [-0.05, 0) is 18.3 Å². The van der Waals surface area contributed by atoms with Gasteiger partial charge in [-0.1, -0.05) is 6.92 Å². The second-order valence-corrected chi connectivity index (χ2v) is 6.21. The number of amides is 1. The molecule has 5 nitrogen and oxygen atoms in total. The zero-order chi connectivity index (χ0) is 13.6. The van der Waals surface area contributed by atoms with Crippen molar-refractivity contribution in [1.82, 2.24) is 14.9 Å². The van der Waals surface area contributed by atoms with Gasteiger partial charge in [0.05, 0.1) is 5.69 Å². The van der Waals surface area contributed by atoms with Gasteiger partial charge in [0.1, 0.15) is 15.2 Å². The van der Waals surface area contributed by atoms with Crippen LogP contribution in [-0.4, -0.2) is 34.4 Å². The number of thiophene rings is 1. The number of nitrogens with zero attached hydrogens (tertiary/aromatic N) is 3. The summed E-state index contributed by atoms with van der Waals surface area (Å²) in [6, 6.07) is 0. The van der Waals surface area contributed by atoms with E-state index in [4.69, 9.17) is 5.73 Å². The monoisotopic (exact) mass is 276 g/mol. The number of hydrogen-bond acceptors (Lipinski definition) is 5. The lowest BCUT2D eigenvalue weighted by atomic mass is 10.3. The molecule has 0 aliphatic heterocycles. The minimum absolute atomic E-state index is 0.0265. The maximum absolute atomic E-state index is 12.4. The molecule has 0 radical (unpaired) electrons. The van der Waals surface area contributed by atoms with Crippen LogP contribution in [0.2, 0.25) is 0 Å². The molecule has 0 aromatic carbocycles. The third-order valence-corrected chi connectivity index (χ3v) is 4.78. The highest BCUT2D eigenvalue weighted by atomic mass is 32.1. The predicted octanol–water partition coefficient (Wildman–Crippen LogP) is 2.00. The van der Waals surface area contributed by atoms with Crippen LogP contribution >= 0.6 is 11.3 Å². The van der Waals surface area contributed by atoms with Crippen molar-refractivity contribution >= 4 is 33.3 Å². The maximum atomic E-state index is 12.4. The van der Waals surface area contributed by atoms with Gasteiger partial charge in [0, 0.05) is 26.0 Å². The Labute approximate surface area is 115 Å². The fraction of sp³-hybridized carbons (Fsp3) is 0.462. The van der Waals surface area contributed by atoms with Crippen molar-refractivity contribution < 1.29 is 4.79 Å². The Morgan fingerprint density at radius 1 is 1.53 bits per heavy atom. The molecular weight excluding hydrogens is 260 g/mol. The fourth-order valence-corrected chi connectivity index (χ4v) is 3.28. The molecule has 1 aliphatic rings. The Hall–Kier alpha value is -1.69. The van der Waals surface area contributed by atoms with E-state index >= 15 is 0 Å². The van der Waals surface area contributed by atoms with E-state index in [-0.39, 0.29) is 5.91 Å². The molecule has 19 heavy (non-hydrogen) atoms. The largest absolute Gasteiger partial charge is 0.396 e. The van der Waals surface area contributed by atoms with Gasteiger partial charge in [-0.2, -0.15) is 0 Å². The van der Waals surface area contributed by atoms with Crippen molar-refractivity contribution in [3.05, 3.63) is 17.3 Å². The van der Waals surface area contributed by atoms with E-state index in [0.29, 0.717) is 22.0 Å². The summed E-state index contributed by atoms with van der Waals surface area (Å²) in [5.41, 5.74) is 7.09. The number of fused-ring (bicyclic) bond motifs is 1. The first-order chi connectivity index (χ1) is 9.08. The van der Waals surface area contributed by atoms with Gasteiger partial charge in [-0.25, -0.2) is 9.97 Å². The van der Waals surface area contributed by atoms with Gasteiger partial charge < -0.3 is 10.6 Å². The van der Waals surface area contributed by atoms with E-state index < -0.39 is 0 Å². The molecule has 0 spiro atoms. The highest BCUT2D eigenvalue weighted by Crippen LogP contribution is 2.38. The lowest BCUT2D eigenvalue weighted by molar-refractivity contribution is 0.0793. The average Bonchev–Trinajstić information content (AvgIpc) is 2.98. The van der Waals surface area contributed by atoms with Crippen molar-refractivity contribution in [2.24, 2.45) is 11.8 Å². The van der Waals surface area contributed by atoms with Crippen LogP contribution in [0.1, 0.15) is 23.0 Å². The number of nitrogens with two attached hydrogens (primary N) is 1. The van der Waals surface area contributed by atoms with E-state index in [0.717, 1.165) is 17.3 Å². The zero-order valence-electron chi connectivity index (χ0n) is 11.0. The first kappa shape index (κ1) is 12.3. The number of aromatic nitrogens is 2. The van der Waals surface area contributed by atoms with E-state index in [9.17, 15) is 4.79 Å². The molecule has 1 fully saturated rings. The number of rotatable bonds is 3. The van der Waals surface area contributed by atoms with Gasteiger partial charge in [0.25, 0.3) is 5.91 Å². The molecule has 2 aromatic heterocycles. The minimum atomic E-state index is -0.0265. The van der Waals surface area contributed by atoms with E-state index in [1.807, 2.05) is 7.05 Å². The third-order valence-electron chi connectivity index (χ3n) is 3.69. The second kappa shape index (κ2) is 4.45. The van der Waals surface area contributed by atoms with Crippen molar-refractivity contribution in [2.75, 3.05) is 19.3 Å². The summed E-state index contributed by atoms with van der Waals surface area (Å²) in [5, 5.41) is 0. The Balaban J connectivity index is 1.86. The average molecular weight is 276 g/mol. The van der Waals surface area contributed by atoms with Crippen LogP contribution in [0.4, 0.5) is 5.69 Å². The molecule has 1 saturated carbocycles. The quantitative estimate of drug-likeness (QED) is 0.930. The molecule has 2 heterocycles. The summed E-state index contributed by atoms with van der Waals surface area (Å²) in [4.78, 5) is 23.8. The molecule has 100 valence electrons. The van der Waals surface area contributed by atoms with E-state index in [1.54, 1.807) is 17.3 Å². The summed E-state index contributed by atoms with van der Waals surface area (Å²) in [6.45, 7) is 3.01. The maximum Gasteiger partial charge on any atom is 0.265 e. The van der Waals surface area contributed by atoms with Gasteiger partial charge in [0.15, 0.2) is 0 Å². The lowest BCUT2D eigenvalue weighted by Gasteiger charge is -2.16. The number of carbonyl (C=O) groups is 1. The van der Waals surface area contributed by atoms with Crippen LogP contribution in [0.25, 0.3) is 10.3 Å². The molecular formula is C13H16N4OS. The third kappa shape index (κ3) is 2.16. The number of carbonyl (C=O) groups excluding carboxylic acids is 1. The normalized spacial score (nSPS) is 21.6. The molecule has 3 rings (SSSR count). The summed E-state index contributed by atoms with van der Waals surface area (Å²) in [5.74, 6) is 1.35. The van der Waals surface area contributed by atoms with Gasteiger partial charge >= 0.3 is 0 Å². The Kier molecular flexibility index (Phi) is 2.89. The topological polar surface area (TPSA) is 72.1 Å². The summed E-state index contributed by atoms with van der Waals surface area (Å²) in [6.07, 6.45) is 4.42. The van der Waals surface area contributed by atoms with E-state index in [2.05, 4.69) is 16.9 Å². The van der Waals surface area contributed by atoms with Crippen LogP contribution < -0.4 is 5.73 Å². The molecule has 2 unspecified atom stereocenters. The number of hydrogen-bond donors (Lipinski definition) is 1. The van der Waals surface area contributed by atoms with Crippen molar-refractivity contribution in [2.45, 2.75) is 13.3 Å². The van der Waals surface area contributed by atoms with Crippen molar-refractivity contribution in [3.8, 4) is 0 Å². The molecule has 0 saturated heterocycles. The summed E-state index contributed by atoms with van der Waals surface area (Å²) < 4.78 is 0. The zero-order valence-corrected chi connectivity index (χ0v) is 11.8. The van der Waals surface area contributed by atoms with Crippen LogP contribution in [0.15, 0.2) is 12.4 Å². The van der Waals surface area contributed by atoms with Gasteiger partial charge in [0.2, 0.25) is 0 Å². The Morgan fingerprint density at radius 3 is 2.84 bits per heavy atom. The number of nitrogen functional groups attached to an aromatic ring is 1. The molecule has 2 aromatic rings. The smallest absolute Gasteiger partial charge is 0.265 e. The van der Waals surface area contributed by atoms with Crippen LogP contribution in [0.5, 0.6) is 0 Å². The van der Waals surface area contributed by atoms with Gasteiger partial charge in [-0.15, -0.1) is 11.3 Å². The van der Waals surface area contributed by atoms with E-state index in [1.165, 1.54) is 17.8 Å². The minimum Gasteiger partial charge on any atom is -0.396 e. The van der Waals surface area contributed by atoms with Gasteiger partial charge in [-0.3, -0.25) is 4.79 Å². The Morgan fingerprint density at radius 2 is 2.21 bits per heavy atom. The molecule has 2 N–H and O–H groups in total. The van der Waals surface area contributed by atoms with Crippen molar-refractivity contribution in [1.29, 1.82) is 0 Å². The fourth-order valence-electron chi connectivity index (χ4n) is 2.26. The second-order valence-electron chi connectivity index (χ2n) is 5.21. The molecule has 2 atom stereocenters. The van der Waals surface area contributed by atoms with Crippen LogP contribution in [0.3, 0.4) is 0 Å². The summed E-state index contributed by atoms with van der Waals surface area (Å²) >= 11 is 1.32. The standard InChI is InChI=1S/C13H16N4OS/c1-7-5-8(7)6-17(2)13(18)11-9(14)10-12(19-11)16-4-3-15-10/h3-4,7-8H,5-6,14H2,1-2H3. The Bertz CT molecular complexity index is 639. The van der Waals surface area contributed by atoms with Crippen LogP contribution in [-0.2, 0) is 0 Å². The highest BCUT2D eigenvalue weighted by Gasteiger charge is 2.34. The highest BCUT2D eigenvalue weighted by molar-refractivity contribution is 7.21. The predicted molar refractivity (Wildman–Crippen MR) is 76.1 cm³/mol. The molecule has 0 bridgehead atoms. The molecule has 1 aliphatic carbocycles.